The summed E-state index contributed by atoms with van der Waals surface area (Å²) in [5.41, 5.74) is 2.30. The van der Waals surface area contributed by atoms with Crippen molar-refractivity contribution in [3.05, 3.63) is 78.2 Å². The maximum atomic E-state index is 13.3. The molecule has 1 saturated carbocycles. The van der Waals surface area contributed by atoms with Crippen molar-refractivity contribution in [1.29, 1.82) is 0 Å². The molecule has 39 heavy (non-hydrogen) atoms. The van der Waals surface area contributed by atoms with Gasteiger partial charge in [0.05, 0.1) is 21.8 Å². The van der Waals surface area contributed by atoms with Gasteiger partial charge in [-0.1, -0.05) is 35.4 Å². The van der Waals surface area contributed by atoms with Crippen LogP contribution in [-0.2, 0) is 24.3 Å². The van der Waals surface area contributed by atoms with Gasteiger partial charge in [0, 0.05) is 19.3 Å². The first-order valence-electron chi connectivity index (χ1n) is 12.9. The lowest BCUT2D eigenvalue weighted by Crippen LogP contribution is -2.36. The Labute approximate surface area is 229 Å². The molecule has 11 heteroatoms. The number of nitrogens with zero attached hydrogens (tertiary/aromatic N) is 4. The predicted molar refractivity (Wildman–Crippen MR) is 150 cm³/mol. The average molecular weight is 569 g/mol. The fraction of sp³-hybridized carbons (Fsp3) is 0.357. The molecule has 0 spiro atoms. The van der Waals surface area contributed by atoms with E-state index >= 15 is 0 Å². The number of aromatic nitrogens is 3. The third kappa shape index (κ3) is 5.57. The van der Waals surface area contributed by atoms with Crippen LogP contribution < -0.4 is 4.90 Å². The molecule has 0 atom stereocenters. The van der Waals surface area contributed by atoms with Gasteiger partial charge >= 0.3 is 0 Å². The average Bonchev–Trinajstić information content (AvgIpc) is 3.38. The van der Waals surface area contributed by atoms with E-state index in [1.807, 2.05) is 20.9 Å². The molecule has 1 aliphatic rings. The lowest BCUT2D eigenvalue weighted by molar-refractivity contribution is 0.204. The summed E-state index contributed by atoms with van der Waals surface area (Å²) >= 11 is 0. The van der Waals surface area contributed by atoms with Gasteiger partial charge in [0.25, 0.3) is 20.1 Å². The summed E-state index contributed by atoms with van der Waals surface area (Å²) in [4.78, 5) is 11.2. The molecule has 1 fully saturated rings. The molecule has 0 N–H and O–H groups in total. The van der Waals surface area contributed by atoms with Crippen molar-refractivity contribution in [3.63, 3.8) is 0 Å². The van der Waals surface area contributed by atoms with Gasteiger partial charge in [-0.05, 0) is 75.8 Å². The zero-order valence-electron chi connectivity index (χ0n) is 22.2. The molecule has 0 radical (unpaired) electrons. The van der Waals surface area contributed by atoms with Crippen LogP contribution in [0.5, 0.6) is 0 Å². The topological polar surface area (TPSA) is 111 Å². The largest absolute Gasteiger partial charge is 0.356 e. The Kier molecular flexibility index (Phi) is 7.49. The molecule has 0 bridgehead atoms. The smallest absolute Gasteiger partial charge is 0.296 e. The van der Waals surface area contributed by atoms with Crippen molar-refractivity contribution in [2.45, 2.75) is 55.4 Å². The molecule has 0 amide bonds. The molecule has 4 aromatic rings. The predicted octanol–water partition coefficient (Wildman–Crippen LogP) is 4.69. The number of aryl methyl sites for hydroxylation is 2. The molecule has 2 aromatic carbocycles. The van der Waals surface area contributed by atoms with Crippen LogP contribution >= 0.6 is 0 Å². The summed E-state index contributed by atoms with van der Waals surface area (Å²) in [6.45, 7) is 3.97. The van der Waals surface area contributed by atoms with Crippen LogP contribution in [0.15, 0.2) is 76.9 Å². The highest BCUT2D eigenvalue weighted by atomic mass is 32.2. The zero-order chi connectivity index (χ0) is 27.8. The fourth-order valence-corrected chi connectivity index (χ4v) is 7.32. The first-order valence-corrected chi connectivity index (χ1v) is 15.7. The van der Waals surface area contributed by atoms with Crippen LogP contribution in [-0.4, -0.2) is 50.5 Å². The van der Waals surface area contributed by atoms with E-state index in [1.54, 1.807) is 54.6 Å². The molecule has 5 rings (SSSR count). The van der Waals surface area contributed by atoms with Gasteiger partial charge in [0.1, 0.15) is 12.1 Å². The second kappa shape index (κ2) is 10.7. The van der Waals surface area contributed by atoms with E-state index < -0.39 is 20.1 Å². The summed E-state index contributed by atoms with van der Waals surface area (Å²) in [6, 6.07) is 15.3. The number of benzene rings is 2. The summed E-state index contributed by atoms with van der Waals surface area (Å²) < 4.78 is 58.3. The number of rotatable bonds is 8. The number of fused-ring (bicyclic) bond motifs is 1. The summed E-state index contributed by atoms with van der Waals surface area (Å²) in [6.07, 6.45) is 6.22. The van der Waals surface area contributed by atoms with E-state index in [0.29, 0.717) is 16.9 Å². The van der Waals surface area contributed by atoms with Crippen LogP contribution in [0.1, 0.15) is 36.8 Å². The third-order valence-electron chi connectivity index (χ3n) is 7.47. The number of anilines is 1. The number of hydrogen-bond acceptors (Lipinski definition) is 8. The van der Waals surface area contributed by atoms with Gasteiger partial charge in [-0.2, -0.15) is 8.42 Å². The molecule has 2 heterocycles. The zero-order valence-corrected chi connectivity index (χ0v) is 23.8. The third-order valence-corrected chi connectivity index (χ3v) is 10.4. The van der Waals surface area contributed by atoms with E-state index in [4.69, 9.17) is 4.18 Å². The molecule has 1 aliphatic carbocycles. The Bertz CT molecular complexity index is 1670. The molecule has 9 nitrogen and oxygen atoms in total. The Morgan fingerprint density at radius 1 is 0.846 bits per heavy atom. The van der Waals surface area contributed by atoms with E-state index in [9.17, 15) is 16.8 Å². The van der Waals surface area contributed by atoms with Crippen LogP contribution in [0, 0.1) is 19.8 Å². The molecular formula is C28H32N4O5S2. The molecule has 2 aromatic heterocycles. The second-order valence-electron chi connectivity index (χ2n) is 10.2. The molecular weight excluding hydrogens is 536 g/mol. The summed E-state index contributed by atoms with van der Waals surface area (Å²) in [7, 11) is -5.64. The lowest BCUT2D eigenvalue weighted by atomic mass is 9.86. The second-order valence-corrected chi connectivity index (χ2v) is 13.6. The van der Waals surface area contributed by atoms with Gasteiger partial charge in [0.15, 0.2) is 5.65 Å². The standard InChI is InChI=1S/C28H32N4O5S2/c1-20-4-12-24(13-5-20)38(33,34)32-17-16-26-27(29-19-30-28(26)32)31(3)23-10-8-22(9-11-23)18-37-39(35,36)25-14-6-21(2)7-15-25/h4-7,12-17,19,22-23H,8-11,18H2,1-3H3/t22-,23-. The van der Waals surface area contributed by atoms with Crippen LogP contribution in [0.2, 0.25) is 0 Å². The minimum atomic E-state index is -3.81. The maximum absolute atomic E-state index is 13.3. The summed E-state index contributed by atoms with van der Waals surface area (Å²) in [5, 5.41) is 0.658. The van der Waals surface area contributed by atoms with Gasteiger partial charge in [0.2, 0.25) is 0 Å². The van der Waals surface area contributed by atoms with Crippen molar-refractivity contribution < 1.29 is 21.0 Å². The van der Waals surface area contributed by atoms with E-state index in [1.165, 1.54) is 16.5 Å². The molecule has 0 aliphatic heterocycles. The van der Waals surface area contributed by atoms with Gasteiger partial charge < -0.3 is 4.90 Å². The van der Waals surface area contributed by atoms with Crippen molar-refractivity contribution >= 4 is 37.0 Å². The van der Waals surface area contributed by atoms with Crippen LogP contribution in [0.4, 0.5) is 5.82 Å². The van der Waals surface area contributed by atoms with Crippen molar-refractivity contribution in [1.82, 2.24) is 13.9 Å². The normalized spacial score (nSPS) is 18.3. The Hall–Kier alpha value is -3.28. The molecule has 0 unspecified atom stereocenters. The minimum Gasteiger partial charge on any atom is -0.356 e. The highest BCUT2D eigenvalue weighted by Gasteiger charge is 2.29. The van der Waals surface area contributed by atoms with Gasteiger partial charge in [-0.25, -0.2) is 22.4 Å². The highest BCUT2D eigenvalue weighted by Crippen LogP contribution is 2.33. The van der Waals surface area contributed by atoms with Crippen molar-refractivity contribution in [3.8, 4) is 0 Å². The Balaban J connectivity index is 1.26. The van der Waals surface area contributed by atoms with Crippen molar-refractivity contribution in [2.75, 3.05) is 18.6 Å². The maximum Gasteiger partial charge on any atom is 0.296 e. The van der Waals surface area contributed by atoms with E-state index in [2.05, 4.69) is 14.9 Å². The van der Waals surface area contributed by atoms with Gasteiger partial charge in [-0.15, -0.1) is 0 Å². The quantitative estimate of drug-likeness (QED) is 0.282. The van der Waals surface area contributed by atoms with Crippen LogP contribution in [0.3, 0.4) is 0 Å². The Morgan fingerprint density at radius 3 is 2.05 bits per heavy atom. The van der Waals surface area contributed by atoms with Crippen LogP contribution in [0.25, 0.3) is 11.0 Å². The Morgan fingerprint density at radius 2 is 1.44 bits per heavy atom. The minimum absolute atomic E-state index is 0.140. The highest BCUT2D eigenvalue weighted by molar-refractivity contribution is 7.90. The van der Waals surface area contributed by atoms with E-state index in [0.717, 1.165) is 36.8 Å². The SMILES string of the molecule is Cc1ccc(S(=O)(=O)OC[C@H]2CC[C@H](N(C)c3ncnc4c3ccn4S(=O)(=O)c3ccc(C)cc3)CC2)cc1. The number of hydrogen-bond donors (Lipinski definition) is 0. The first-order chi connectivity index (χ1) is 18.6. The molecule has 206 valence electrons. The van der Waals surface area contributed by atoms with Crippen molar-refractivity contribution in [2.24, 2.45) is 5.92 Å². The fourth-order valence-electron chi connectivity index (χ4n) is 5.04. The lowest BCUT2D eigenvalue weighted by Gasteiger charge is -2.35. The van der Waals surface area contributed by atoms with Gasteiger partial charge in [-0.3, -0.25) is 4.18 Å². The molecule has 0 saturated heterocycles. The first kappa shape index (κ1) is 27.3. The van der Waals surface area contributed by atoms with E-state index in [-0.39, 0.29) is 28.4 Å². The summed E-state index contributed by atoms with van der Waals surface area (Å²) in [5.74, 6) is 0.806. The monoisotopic (exact) mass is 568 g/mol.